The van der Waals surface area contributed by atoms with Crippen LogP contribution < -0.4 is 10.5 Å². The number of nitrogens with one attached hydrogen (secondary N) is 1. The molecule has 1 aliphatic heterocycles. The van der Waals surface area contributed by atoms with Gasteiger partial charge in [0.05, 0.1) is 0 Å². The molecule has 1 aromatic heterocycles. The lowest BCUT2D eigenvalue weighted by Gasteiger charge is -2.33. The molecule has 6 nitrogen and oxygen atoms in total. The van der Waals surface area contributed by atoms with E-state index in [2.05, 4.69) is 16.6 Å². The fourth-order valence-electron chi connectivity index (χ4n) is 2.07. The Labute approximate surface area is 119 Å². The SMILES string of the molecule is CC1(CNS(=O)(=O)c2ccc(CN)cn2)CCOCC1. The minimum Gasteiger partial charge on any atom is -0.381 e. The van der Waals surface area contributed by atoms with Crippen molar-refractivity contribution in [3.63, 3.8) is 0 Å². The average Bonchev–Trinajstić information content (AvgIpc) is 2.46. The van der Waals surface area contributed by atoms with Gasteiger partial charge in [-0.3, -0.25) is 0 Å². The summed E-state index contributed by atoms with van der Waals surface area (Å²) in [5, 5.41) is 0.0327. The minimum atomic E-state index is -3.57. The maximum Gasteiger partial charge on any atom is 0.258 e. The Morgan fingerprint density at radius 3 is 2.65 bits per heavy atom. The lowest BCUT2D eigenvalue weighted by molar-refractivity contribution is 0.0264. The highest BCUT2D eigenvalue weighted by Crippen LogP contribution is 2.29. The van der Waals surface area contributed by atoms with Crippen molar-refractivity contribution < 1.29 is 13.2 Å². The molecule has 1 aliphatic rings. The number of hydrogen-bond acceptors (Lipinski definition) is 5. The van der Waals surface area contributed by atoms with Gasteiger partial charge < -0.3 is 10.5 Å². The van der Waals surface area contributed by atoms with Crippen molar-refractivity contribution >= 4 is 10.0 Å². The van der Waals surface area contributed by atoms with Crippen molar-refractivity contribution in [1.29, 1.82) is 0 Å². The van der Waals surface area contributed by atoms with Gasteiger partial charge in [-0.2, -0.15) is 0 Å². The van der Waals surface area contributed by atoms with Gasteiger partial charge in [0.2, 0.25) is 0 Å². The average molecular weight is 299 g/mol. The molecule has 0 spiro atoms. The molecule has 2 heterocycles. The number of nitrogens with two attached hydrogens (primary N) is 1. The molecule has 0 unspecified atom stereocenters. The van der Waals surface area contributed by atoms with Crippen molar-refractivity contribution in [3.05, 3.63) is 23.9 Å². The van der Waals surface area contributed by atoms with Gasteiger partial charge in [0.15, 0.2) is 5.03 Å². The molecule has 0 saturated carbocycles. The Bertz CT molecular complexity index is 536. The van der Waals surface area contributed by atoms with Crippen LogP contribution in [0, 0.1) is 5.41 Å². The number of ether oxygens (including phenoxy) is 1. The Hall–Kier alpha value is -1.02. The van der Waals surface area contributed by atoms with Crippen LogP contribution in [-0.2, 0) is 21.3 Å². The smallest absolute Gasteiger partial charge is 0.258 e. The zero-order valence-corrected chi connectivity index (χ0v) is 12.4. The molecule has 2 rings (SSSR count). The highest BCUT2D eigenvalue weighted by atomic mass is 32.2. The van der Waals surface area contributed by atoms with Gasteiger partial charge >= 0.3 is 0 Å². The van der Waals surface area contributed by atoms with E-state index >= 15 is 0 Å². The third kappa shape index (κ3) is 3.76. The van der Waals surface area contributed by atoms with Crippen LogP contribution in [0.3, 0.4) is 0 Å². The fourth-order valence-corrected chi connectivity index (χ4v) is 3.20. The van der Waals surface area contributed by atoms with Crippen LogP contribution >= 0.6 is 0 Å². The van der Waals surface area contributed by atoms with Gasteiger partial charge in [-0.15, -0.1) is 0 Å². The van der Waals surface area contributed by atoms with E-state index in [1.807, 2.05) is 0 Å². The lowest BCUT2D eigenvalue weighted by atomic mass is 9.83. The molecule has 0 aromatic carbocycles. The second-order valence-electron chi connectivity index (χ2n) is 5.46. The summed E-state index contributed by atoms with van der Waals surface area (Å²) in [7, 11) is -3.57. The number of pyridine rings is 1. The van der Waals surface area contributed by atoms with E-state index in [4.69, 9.17) is 10.5 Å². The normalized spacial score (nSPS) is 18.9. The summed E-state index contributed by atoms with van der Waals surface area (Å²) in [6.07, 6.45) is 3.20. The van der Waals surface area contributed by atoms with Crippen molar-refractivity contribution in [2.24, 2.45) is 11.1 Å². The molecule has 0 atom stereocenters. The summed E-state index contributed by atoms with van der Waals surface area (Å²) in [6, 6.07) is 3.16. The first-order valence-electron chi connectivity index (χ1n) is 6.68. The number of hydrogen-bond donors (Lipinski definition) is 2. The molecule has 1 saturated heterocycles. The number of aromatic nitrogens is 1. The van der Waals surface area contributed by atoms with Gasteiger partial charge in [0.25, 0.3) is 10.0 Å². The van der Waals surface area contributed by atoms with Crippen LogP contribution in [0.15, 0.2) is 23.4 Å². The molecular weight excluding hydrogens is 278 g/mol. The van der Waals surface area contributed by atoms with Gasteiger partial charge in [0.1, 0.15) is 0 Å². The minimum absolute atomic E-state index is 0.0327. The van der Waals surface area contributed by atoms with Crippen molar-refractivity contribution in [2.45, 2.75) is 31.3 Å². The molecule has 3 N–H and O–H groups in total. The standard InChI is InChI=1S/C13H21N3O3S/c1-13(4-6-19-7-5-13)10-16-20(17,18)12-3-2-11(8-14)9-15-12/h2-3,9,16H,4-8,10,14H2,1H3. The third-order valence-electron chi connectivity index (χ3n) is 3.70. The summed E-state index contributed by atoms with van der Waals surface area (Å²) >= 11 is 0. The van der Waals surface area contributed by atoms with E-state index in [9.17, 15) is 8.42 Å². The van der Waals surface area contributed by atoms with Crippen LogP contribution in [0.4, 0.5) is 0 Å². The molecule has 20 heavy (non-hydrogen) atoms. The number of nitrogens with zero attached hydrogens (tertiary/aromatic N) is 1. The van der Waals surface area contributed by atoms with Crippen molar-refractivity contribution in [1.82, 2.24) is 9.71 Å². The lowest BCUT2D eigenvalue weighted by Crippen LogP contribution is -2.39. The van der Waals surface area contributed by atoms with E-state index < -0.39 is 10.0 Å². The number of rotatable bonds is 5. The van der Waals surface area contributed by atoms with Crippen LogP contribution in [0.25, 0.3) is 0 Å². The topological polar surface area (TPSA) is 94.3 Å². The summed E-state index contributed by atoms with van der Waals surface area (Å²) in [4.78, 5) is 3.95. The van der Waals surface area contributed by atoms with E-state index in [0.29, 0.717) is 26.3 Å². The quantitative estimate of drug-likeness (QED) is 0.832. The zero-order chi connectivity index (χ0) is 14.6. The maximum absolute atomic E-state index is 12.2. The first-order valence-corrected chi connectivity index (χ1v) is 8.16. The van der Waals surface area contributed by atoms with Gasteiger partial charge in [-0.25, -0.2) is 18.1 Å². The van der Waals surface area contributed by atoms with Crippen LogP contribution in [0.5, 0.6) is 0 Å². The Morgan fingerprint density at radius 2 is 2.10 bits per heavy atom. The highest BCUT2D eigenvalue weighted by Gasteiger charge is 2.29. The first-order chi connectivity index (χ1) is 9.45. The Kier molecular flexibility index (Phi) is 4.74. The summed E-state index contributed by atoms with van der Waals surface area (Å²) in [5.74, 6) is 0. The molecule has 1 fully saturated rings. The third-order valence-corrected chi connectivity index (χ3v) is 5.01. The van der Waals surface area contributed by atoms with E-state index in [0.717, 1.165) is 18.4 Å². The van der Waals surface area contributed by atoms with Crippen molar-refractivity contribution in [3.8, 4) is 0 Å². The molecular formula is C13H21N3O3S. The zero-order valence-electron chi connectivity index (χ0n) is 11.6. The van der Waals surface area contributed by atoms with E-state index in [1.54, 1.807) is 6.07 Å². The van der Waals surface area contributed by atoms with Crippen LogP contribution in [-0.4, -0.2) is 33.2 Å². The molecule has 0 amide bonds. The molecule has 0 aliphatic carbocycles. The maximum atomic E-state index is 12.2. The molecule has 112 valence electrons. The van der Waals surface area contributed by atoms with E-state index in [1.165, 1.54) is 12.3 Å². The number of sulfonamides is 1. The summed E-state index contributed by atoms with van der Waals surface area (Å²) in [5.41, 5.74) is 6.22. The Morgan fingerprint density at radius 1 is 1.40 bits per heavy atom. The molecule has 0 bridgehead atoms. The molecule has 0 radical (unpaired) electrons. The molecule has 1 aromatic rings. The highest BCUT2D eigenvalue weighted by molar-refractivity contribution is 7.89. The van der Waals surface area contributed by atoms with Crippen LogP contribution in [0.1, 0.15) is 25.3 Å². The van der Waals surface area contributed by atoms with Crippen molar-refractivity contribution in [2.75, 3.05) is 19.8 Å². The monoisotopic (exact) mass is 299 g/mol. The predicted octanol–water partition coefficient (Wildman–Crippen LogP) is 0.635. The van der Waals surface area contributed by atoms with Crippen LogP contribution in [0.2, 0.25) is 0 Å². The second-order valence-corrected chi connectivity index (χ2v) is 7.17. The van der Waals surface area contributed by atoms with Gasteiger partial charge in [-0.1, -0.05) is 13.0 Å². The Balaban J connectivity index is 2.02. The summed E-state index contributed by atoms with van der Waals surface area (Å²) < 4.78 is 32.3. The van der Waals surface area contributed by atoms with Gasteiger partial charge in [0, 0.05) is 32.5 Å². The fraction of sp³-hybridized carbons (Fsp3) is 0.615. The van der Waals surface area contributed by atoms with Gasteiger partial charge in [-0.05, 0) is 29.9 Å². The predicted molar refractivity (Wildman–Crippen MR) is 75.5 cm³/mol. The summed E-state index contributed by atoms with van der Waals surface area (Å²) in [6.45, 7) is 4.18. The molecule has 7 heteroatoms. The second kappa shape index (κ2) is 6.17. The largest absolute Gasteiger partial charge is 0.381 e. The first kappa shape index (κ1) is 15.4. The van der Waals surface area contributed by atoms with E-state index in [-0.39, 0.29) is 10.4 Å².